The first kappa shape index (κ1) is 13.9. The van der Waals surface area contributed by atoms with E-state index in [4.69, 9.17) is 11.5 Å². The van der Waals surface area contributed by atoms with Gasteiger partial charge >= 0.3 is 5.97 Å². The lowest BCUT2D eigenvalue weighted by Crippen LogP contribution is -2.36. The van der Waals surface area contributed by atoms with Gasteiger partial charge in [0.25, 0.3) is 0 Å². The average Bonchev–Trinajstić information content (AvgIpc) is 2.16. The molecule has 0 heterocycles. The number of hydrogen-bond donors (Lipinski definition) is 3. The Balaban J connectivity index is 3.92. The van der Waals surface area contributed by atoms with E-state index >= 15 is 0 Å². The summed E-state index contributed by atoms with van der Waals surface area (Å²) in [6.07, 6.45) is 6.58. The summed E-state index contributed by atoms with van der Waals surface area (Å²) >= 11 is 0. The number of carboxylic acids is 1. The summed E-state index contributed by atoms with van der Waals surface area (Å²) in [7, 11) is 0. The molecule has 0 aromatic carbocycles. The molecule has 2 atom stereocenters. The predicted octanol–water partition coefficient (Wildman–Crippen LogP) is 0.604. The SMILES string of the molecule is C#CC(C)(O)CCCC(NCC)C(=O)O. The topological polar surface area (TPSA) is 69.6 Å². The molecule has 0 spiro atoms. The second-order valence-electron chi connectivity index (χ2n) is 3.76. The molecule has 0 saturated heterocycles. The smallest absolute Gasteiger partial charge is 0.320 e. The largest absolute Gasteiger partial charge is 0.480 e. The van der Waals surface area contributed by atoms with Gasteiger partial charge in [-0.1, -0.05) is 12.8 Å². The highest BCUT2D eigenvalue weighted by Crippen LogP contribution is 2.13. The van der Waals surface area contributed by atoms with Crippen LogP contribution in [0.15, 0.2) is 0 Å². The minimum Gasteiger partial charge on any atom is -0.480 e. The fraction of sp³-hybridized carbons (Fsp3) is 0.727. The van der Waals surface area contributed by atoms with E-state index in [-0.39, 0.29) is 0 Å². The minimum absolute atomic E-state index is 0.415. The van der Waals surface area contributed by atoms with Crippen molar-refractivity contribution in [1.82, 2.24) is 5.32 Å². The number of carbonyl (C=O) groups is 1. The van der Waals surface area contributed by atoms with Crippen LogP contribution in [0.4, 0.5) is 0 Å². The summed E-state index contributed by atoms with van der Waals surface area (Å²) in [4.78, 5) is 10.7. The summed E-state index contributed by atoms with van der Waals surface area (Å²) in [5.41, 5.74) is -1.13. The van der Waals surface area contributed by atoms with Crippen LogP contribution in [-0.4, -0.2) is 34.4 Å². The van der Waals surface area contributed by atoms with Crippen LogP contribution in [0.3, 0.4) is 0 Å². The third-order valence-electron chi connectivity index (χ3n) is 2.22. The third-order valence-corrected chi connectivity index (χ3v) is 2.22. The Labute approximate surface area is 90.7 Å². The van der Waals surface area contributed by atoms with Crippen molar-refractivity contribution in [2.24, 2.45) is 0 Å². The highest BCUT2D eigenvalue weighted by Gasteiger charge is 2.19. The number of carboxylic acid groups (broad SMARTS) is 1. The molecule has 0 aliphatic heterocycles. The molecule has 4 heteroatoms. The highest BCUT2D eigenvalue weighted by atomic mass is 16.4. The molecule has 0 amide bonds. The van der Waals surface area contributed by atoms with E-state index in [1.54, 1.807) is 6.92 Å². The Morgan fingerprint density at radius 1 is 1.67 bits per heavy atom. The zero-order valence-electron chi connectivity index (χ0n) is 9.29. The lowest BCUT2D eigenvalue weighted by atomic mass is 9.98. The molecule has 0 saturated carbocycles. The Morgan fingerprint density at radius 2 is 2.27 bits per heavy atom. The molecule has 0 aromatic rings. The number of hydrogen-bond acceptors (Lipinski definition) is 3. The van der Waals surface area contributed by atoms with Crippen LogP contribution in [0, 0.1) is 12.3 Å². The number of aliphatic hydroxyl groups is 1. The van der Waals surface area contributed by atoms with Gasteiger partial charge in [-0.25, -0.2) is 0 Å². The van der Waals surface area contributed by atoms with E-state index in [9.17, 15) is 9.90 Å². The molecule has 0 fully saturated rings. The lowest BCUT2D eigenvalue weighted by Gasteiger charge is -2.18. The number of likely N-dealkylation sites (N-methyl/N-ethyl adjacent to an activating group) is 1. The number of terminal acetylenes is 1. The second-order valence-corrected chi connectivity index (χ2v) is 3.76. The Kier molecular flexibility index (Phi) is 5.99. The summed E-state index contributed by atoms with van der Waals surface area (Å²) in [5, 5.41) is 21.2. The van der Waals surface area contributed by atoms with Gasteiger partial charge in [0.05, 0.1) is 0 Å². The first-order valence-electron chi connectivity index (χ1n) is 5.09. The van der Waals surface area contributed by atoms with Crippen LogP contribution >= 0.6 is 0 Å². The van der Waals surface area contributed by atoms with Crippen molar-refractivity contribution in [2.45, 2.75) is 44.8 Å². The van der Waals surface area contributed by atoms with Gasteiger partial charge in [0, 0.05) is 0 Å². The summed E-state index contributed by atoms with van der Waals surface area (Å²) in [6.45, 7) is 4.02. The summed E-state index contributed by atoms with van der Waals surface area (Å²) in [6, 6.07) is -0.552. The molecular formula is C11H19NO3. The van der Waals surface area contributed by atoms with Crippen molar-refractivity contribution in [3.63, 3.8) is 0 Å². The van der Waals surface area contributed by atoms with E-state index in [1.165, 1.54) is 0 Å². The highest BCUT2D eigenvalue weighted by molar-refractivity contribution is 5.73. The maximum atomic E-state index is 10.7. The molecule has 86 valence electrons. The van der Waals surface area contributed by atoms with Gasteiger partial charge in [-0.3, -0.25) is 4.79 Å². The van der Waals surface area contributed by atoms with Gasteiger partial charge < -0.3 is 15.5 Å². The van der Waals surface area contributed by atoms with Gasteiger partial charge in [-0.05, 0) is 32.7 Å². The quantitative estimate of drug-likeness (QED) is 0.542. The van der Waals surface area contributed by atoms with Gasteiger partial charge in [-0.15, -0.1) is 6.42 Å². The molecule has 3 N–H and O–H groups in total. The molecular weight excluding hydrogens is 194 g/mol. The number of aliphatic carboxylic acids is 1. The van der Waals surface area contributed by atoms with Crippen molar-refractivity contribution in [1.29, 1.82) is 0 Å². The first-order valence-corrected chi connectivity index (χ1v) is 5.09. The molecule has 0 aliphatic carbocycles. The maximum Gasteiger partial charge on any atom is 0.320 e. The van der Waals surface area contributed by atoms with Crippen molar-refractivity contribution in [3.05, 3.63) is 0 Å². The van der Waals surface area contributed by atoms with Crippen LogP contribution in [0.25, 0.3) is 0 Å². The predicted molar refractivity (Wildman–Crippen MR) is 58.4 cm³/mol. The lowest BCUT2D eigenvalue weighted by molar-refractivity contribution is -0.139. The first-order chi connectivity index (χ1) is 6.93. The van der Waals surface area contributed by atoms with E-state index in [0.717, 1.165) is 0 Å². The number of nitrogens with one attached hydrogen (secondary N) is 1. The van der Waals surface area contributed by atoms with Crippen molar-refractivity contribution in [3.8, 4) is 12.3 Å². The normalized spacial score (nSPS) is 16.4. The minimum atomic E-state index is -1.13. The molecule has 15 heavy (non-hydrogen) atoms. The van der Waals surface area contributed by atoms with Crippen molar-refractivity contribution >= 4 is 5.97 Å². The van der Waals surface area contributed by atoms with Crippen LogP contribution in [-0.2, 0) is 4.79 Å². The Morgan fingerprint density at radius 3 is 2.67 bits per heavy atom. The summed E-state index contributed by atoms with van der Waals surface area (Å²) in [5.74, 6) is 1.40. The second kappa shape index (κ2) is 6.44. The van der Waals surface area contributed by atoms with Crippen LogP contribution in [0.1, 0.15) is 33.1 Å². The van der Waals surface area contributed by atoms with Crippen molar-refractivity contribution in [2.75, 3.05) is 6.54 Å². The van der Waals surface area contributed by atoms with Gasteiger partial charge in [-0.2, -0.15) is 0 Å². The van der Waals surface area contributed by atoms with E-state index in [1.807, 2.05) is 6.92 Å². The molecule has 4 nitrogen and oxygen atoms in total. The zero-order valence-corrected chi connectivity index (χ0v) is 9.29. The maximum absolute atomic E-state index is 10.7. The van der Waals surface area contributed by atoms with E-state index in [2.05, 4.69) is 11.2 Å². The van der Waals surface area contributed by atoms with Crippen molar-refractivity contribution < 1.29 is 15.0 Å². The van der Waals surface area contributed by atoms with E-state index < -0.39 is 17.6 Å². The molecule has 0 aromatic heterocycles. The van der Waals surface area contributed by atoms with Crippen LogP contribution in [0.5, 0.6) is 0 Å². The average molecular weight is 213 g/mol. The summed E-state index contributed by atoms with van der Waals surface area (Å²) < 4.78 is 0. The molecule has 2 unspecified atom stereocenters. The van der Waals surface area contributed by atoms with Crippen LogP contribution < -0.4 is 5.32 Å². The molecule has 0 radical (unpaired) electrons. The fourth-order valence-electron chi connectivity index (χ4n) is 1.28. The fourth-order valence-corrected chi connectivity index (χ4v) is 1.28. The van der Waals surface area contributed by atoms with Crippen LogP contribution in [0.2, 0.25) is 0 Å². The third kappa shape index (κ3) is 6.10. The zero-order chi connectivity index (χ0) is 11.9. The molecule has 0 aliphatic rings. The molecule has 0 rings (SSSR count). The standard InChI is InChI=1S/C11H19NO3/c1-4-11(3,15)8-6-7-9(10(13)14)12-5-2/h1,9,12,15H,5-8H2,2-3H3,(H,13,14). The Hall–Kier alpha value is -1.05. The molecule has 0 bridgehead atoms. The monoisotopic (exact) mass is 213 g/mol. The van der Waals surface area contributed by atoms with Gasteiger partial charge in [0.15, 0.2) is 0 Å². The van der Waals surface area contributed by atoms with E-state index in [0.29, 0.717) is 25.8 Å². The van der Waals surface area contributed by atoms with Gasteiger partial charge in [0.1, 0.15) is 11.6 Å². The number of rotatable bonds is 7. The van der Waals surface area contributed by atoms with Gasteiger partial charge in [0.2, 0.25) is 0 Å². The Bertz CT molecular complexity index is 243.